The van der Waals surface area contributed by atoms with Crippen LogP contribution >= 0.6 is 0 Å². The third-order valence-corrected chi connectivity index (χ3v) is 4.45. The van der Waals surface area contributed by atoms with Crippen LogP contribution in [0.3, 0.4) is 0 Å². The summed E-state index contributed by atoms with van der Waals surface area (Å²) < 4.78 is 4.84. The molecule has 0 bridgehead atoms. The number of methoxy groups -OCH3 is 1. The molecule has 1 aromatic rings. The lowest BCUT2D eigenvalue weighted by molar-refractivity contribution is -0.143. The minimum atomic E-state index is -0.778. The third kappa shape index (κ3) is 4.06. The quantitative estimate of drug-likeness (QED) is 0.818. The predicted octanol–water partition coefficient (Wildman–Crippen LogP) is 2.98. The molecule has 1 N–H and O–H groups in total. The van der Waals surface area contributed by atoms with Crippen LogP contribution in [0.25, 0.3) is 0 Å². The molecule has 0 fully saturated rings. The second-order valence-electron chi connectivity index (χ2n) is 5.95. The van der Waals surface area contributed by atoms with E-state index in [4.69, 9.17) is 9.84 Å². The van der Waals surface area contributed by atoms with Gasteiger partial charge in [-0.25, -0.2) is 0 Å². The van der Waals surface area contributed by atoms with E-state index in [0.29, 0.717) is 12.8 Å². The van der Waals surface area contributed by atoms with Gasteiger partial charge in [0.25, 0.3) is 0 Å². The van der Waals surface area contributed by atoms with Gasteiger partial charge in [0.15, 0.2) is 0 Å². The monoisotopic (exact) mass is 290 g/mol. The molecule has 114 valence electrons. The average Bonchev–Trinajstić information content (AvgIpc) is 2.46. The Labute approximate surface area is 125 Å². The zero-order chi connectivity index (χ0) is 15.3. The number of esters is 1. The van der Waals surface area contributed by atoms with Crippen molar-refractivity contribution in [2.75, 3.05) is 7.11 Å². The Morgan fingerprint density at radius 1 is 1.29 bits per heavy atom. The lowest BCUT2D eigenvalue weighted by Gasteiger charge is -2.37. The largest absolute Gasteiger partial charge is 0.481 e. The van der Waals surface area contributed by atoms with Crippen LogP contribution in [-0.4, -0.2) is 24.2 Å². The summed E-state index contributed by atoms with van der Waals surface area (Å²) in [6, 6.07) is 8.30. The zero-order valence-corrected chi connectivity index (χ0v) is 12.4. The van der Waals surface area contributed by atoms with E-state index >= 15 is 0 Å². The molecule has 1 unspecified atom stereocenters. The molecule has 0 heterocycles. The van der Waals surface area contributed by atoms with Gasteiger partial charge in [-0.2, -0.15) is 0 Å². The van der Waals surface area contributed by atoms with Crippen molar-refractivity contribution in [3.05, 3.63) is 35.4 Å². The van der Waals surface area contributed by atoms with Crippen molar-refractivity contribution in [1.82, 2.24) is 0 Å². The molecule has 0 saturated heterocycles. The van der Waals surface area contributed by atoms with Crippen molar-refractivity contribution >= 4 is 11.9 Å². The van der Waals surface area contributed by atoms with E-state index in [0.717, 1.165) is 25.7 Å². The number of carbonyl (C=O) groups is 2. The maximum atomic E-state index is 11.8. The molecule has 4 heteroatoms. The Kier molecular flexibility index (Phi) is 4.99. The number of hydrogen-bond donors (Lipinski definition) is 1. The van der Waals surface area contributed by atoms with E-state index in [1.165, 1.54) is 18.2 Å². The van der Waals surface area contributed by atoms with Crippen molar-refractivity contribution in [3.63, 3.8) is 0 Å². The number of fused-ring (bicyclic) bond motifs is 1. The van der Waals surface area contributed by atoms with Gasteiger partial charge in [-0.15, -0.1) is 0 Å². The second kappa shape index (κ2) is 6.74. The summed E-state index contributed by atoms with van der Waals surface area (Å²) in [5.74, 6) is -0.982. The number of benzene rings is 1. The summed E-state index contributed by atoms with van der Waals surface area (Å²) in [7, 11) is 1.41. The Morgan fingerprint density at radius 2 is 2.00 bits per heavy atom. The van der Waals surface area contributed by atoms with E-state index in [-0.39, 0.29) is 17.8 Å². The van der Waals surface area contributed by atoms with Gasteiger partial charge in [-0.1, -0.05) is 24.3 Å². The lowest BCUT2D eigenvalue weighted by Crippen LogP contribution is -2.32. The summed E-state index contributed by atoms with van der Waals surface area (Å²) in [4.78, 5) is 22.5. The second-order valence-corrected chi connectivity index (χ2v) is 5.95. The Balaban J connectivity index is 2.13. The highest BCUT2D eigenvalue weighted by atomic mass is 16.5. The first kappa shape index (κ1) is 15.5. The molecule has 2 rings (SSSR count). The number of hydrogen-bond acceptors (Lipinski definition) is 3. The fourth-order valence-corrected chi connectivity index (χ4v) is 3.31. The van der Waals surface area contributed by atoms with Crippen molar-refractivity contribution in [3.8, 4) is 0 Å². The molecular formula is C17H22O4. The van der Waals surface area contributed by atoms with Crippen LogP contribution in [0.4, 0.5) is 0 Å². The smallest absolute Gasteiger partial charge is 0.306 e. The van der Waals surface area contributed by atoms with Gasteiger partial charge in [0.2, 0.25) is 0 Å². The Morgan fingerprint density at radius 3 is 2.67 bits per heavy atom. The fraction of sp³-hybridized carbons (Fsp3) is 0.529. The van der Waals surface area contributed by atoms with Crippen LogP contribution in [0.15, 0.2) is 24.3 Å². The molecule has 1 aliphatic carbocycles. The van der Waals surface area contributed by atoms with Gasteiger partial charge in [0, 0.05) is 6.42 Å². The summed E-state index contributed by atoms with van der Waals surface area (Å²) in [5.41, 5.74) is 2.47. The third-order valence-electron chi connectivity index (χ3n) is 4.45. The Hall–Kier alpha value is -1.84. The van der Waals surface area contributed by atoms with Crippen LogP contribution in [0.2, 0.25) is 0 Å². The number of rotatable bonds is 6. The van der Waals surface area contributed by atoms with Gasteiger partial charge in [0.05, 0.1) is 13.5 Å². The average molecular weight is 290 g/mol. The summed E-state index contributed by atoms with van der Waals surface area (Å²) in [5, 5.41) is 8.82. The standard InChI is InChI=1S/C17H22O4/c1-21-16(20)12-17(9-4-7-15(18)19)10-8-13-5-2-3-6-14(13)11-17/h2-3,5-6H,4,7-12H2,1H3,(H,18,19). The van der Waals surface area contributed by atoms with Gasteiger partial charge in [-0.05, 0) is 48.6 Å². The molecule has 0 aliphatic heterocycles. The van der Waals surface area contributed by atoms with Crippen LogP contribution in [0, 0.1) is 5.41 Å². The van der Waals surface area contributed by atoms with Crippen molar-refractivity contribution in [2.45, 2.75) is 44.9 Å². The minimum absolute atomic E-state index is 0.156. The number of carboxylic acid groups (broad SMARTS) is 1. The van der Waals surface area contributed by atoms with Gasteiger partial charge in [-0.3, -0.25) is 9.59 Å². The first-order chi connectivity index (χ1) is 10.0. The molecule has 4 nitrogen and oxygen atoms in total. The van der Waals surface area contributed by atoms with E-state index < -0.39 is 5.97 Å². The molecule has 1 aliphatic rings. The highest BCUT2D eigenvalue weighted by Crippen LogP contribution is 2.42. The maximum Gasteiger partial charge on any atom is 0.306 e. The molecule has 0 aromatic heterocycles. The summed E-state index contributed by atoms with van der Waals surface area (Å²) >= 11 is 0. The van der Waals surface area contributed by atoms with Crippen LogP contribution in [0.1, 0.15) is 43.2 Å². The zero-order valence-electron chi connectivity index (χ0n) is 12.4. The van der Waals surface area contributed by atoms with E-state index in [2.05, 4.69) is 12.1 Å². The highest BCUT2D eigenvalue weighted by Gasteiger charge is 2.36. The van der Waals surface area contributed by atoms with Crippen molar-refractivity contribution in [2.24, 2.45) is 5.41 Å². The topological polar surface area (TPSA) is 63.6 Å². The molecule has 0 saturated carbocycles. The fourth-order valence-electron chi connectivity index (χ4n) is 3.31. The van der Waals surface area contributed by atoms with Gasteiger partial charge < -0.3 is 9.84 Å². The lowest BCUT2D eigenvalue weighted by atomic mass is 9.67. The van der Waals surface area contributed by atoms with E-state index in [1.54, 1.807) is 0 Å². The Bertz CT molecular complexity index is 523. The first-order valence-electron chi connectivity index (χ1n) is 7.40. The maximum absolute atomic E-state index is 11.8. The van der Waals surface area contributed by atoms with Gasteiger partial charge >= 0.3 is 11.9 Å². The first-order valence-corrected chi connectivity index (χ1v) is 7.40. The van der Waals surface area contributed by atoms with Crippen molar-refractivity contribution < 1.29 is 19.4 Å². The van der Waals surface area contributed by atoms with Crippen LogP contribution in [-0.2, 0) is 27.2 Å². The molecule has 1 aromatic carbocycles. The summed E-state index contributed by atoms with van der Waals surface area (Å²) in [6.07, 6.45) is 4.58. The molecule has 0 radical (unpaired) electrons. The van der Waals surface area contributed by atoms with Crippen molar-refractivity contribution in [1.29, 1.82) is 0 Å². The van der Waals surface area contributed by atoms with E-state index in [1.807, 2.05) is 12.1 Å². The number of carboxylic acids is 1. The molecule has 0 amide bonds. The molecule has 1 atom stereocenters. The van der Waals surface area contributed by atoms with Crippen LogP contribution < -0.4 is 0 Å². The minimum Gasteiger partial charge on any atom is -0.481 e. The number of aliphatic carboxylic acids is 1. The van der Waals surface area contributed by atoms with E-state index in [9.17, 15) is 9.59 Å². The summed E-state index contributed by atoms with van der Waals surface area (Å²) in [6.45, 7) is 0. The SMILES string of the molecule is COC(=O)CC1(CCCC(=O)O)CCc2ccccc2C1. The number of aryl methyl sites for hydroxylation is 1. The molecular weight excluding hydrogens is 268 g/mol. The normalized spacial score (nSPS) is 20.6. The highest BCUT2D eigenvalue weighted by molar-refractivity contribution is 5.70. The molecule has 0 spiro atoms. The van der Waals surface area contributed by atoms with Gasteiger partial charge in [0.1, 0.15) is 0 Å². The number of ether oxygens (including phenoxy) is 1. The van der Waals surface area contributed by atoms with Crippen LogP contribution in [0.5, 0.6) is 0 Å². The predicted molar refractivity (Wildman–Crippen MR) is 79.0 cm³/mol. The number of carbonyl (C=O) groups excluding carboxylic acids is 1. The molecule has 21 heavy (non-hydrogen) atoms.